The minimum absolute atomic E-state index is 0.508. The molecule has 0 spiro atoms. The topological polar surface area (TPSA) is 61.7 Å². The number of rotatable bonds is 6. The van der Waals surface area contributed by atoms with E-state index in [2.05, 4.69) is 10.00 Å². The van der Waals surface area contributed by atoms with E-state index in [4.69, 9.17) is 0 Å². The third-order valence-corrected chi connectivity index (χ3v) is 5.59. The van der Waals surface area contributed by atoms with E-state index in [-0.39, 0.29) is 0 Å². The maximum Gasteiger partial charge on any atom is 0.281 e. The number of piperazine rings is 1. The summed E-state index contributed by atoms with van der Waals surface area (Å²) in [6.45, 7) is 3.97. The Balaban J connectivity index is 1.82. The molecule has 1 aromatic heterocycles. The summed E-state index contributed by atoms with van der Waals surface area (Å²) in [6.07, 6.45) is 4.37. The molecule has 0 atom stereocenters. The number of likely N-dealkylation sites (N-methyl/N-ethyl adjacent to an activating group) is 1. The summed E-state index contributed by atoms with van der Waals surface area (Å²) < 4.78 is 29.6. The summed E-state index contributed by atoms with van der Waals surface area (Å²) in [7, 11) is 0.345. The number of hydrogen-bond donors (Lipinski definition) is 0. The van der Waals surface area contributed by atoms with E-state index in [1.165, 1.54) is 4.31 Å². The van der Waals surface area contributed by atoms with Crippen LogP contribution in [0.25, 0.3) is 0 Å². The molecule has 0 bridgehead atoms. The molecule has 114 valence electrons. The van der Waals surface area contributed by atoms with Gasteiger partial charge >= 0.3 is 0 Å². The third kappa shape index (κ3) is 3.78. The van der Waals surface area contributed by atoms with Crippen LogP contribution in [0, 0.1) is 0 Å². The van der Waals surface area contributed by atoms with Gasteiger partial charge in [0, 0.05) is 58.7 Å². The van der Waals surface area contributed by atoms with Crippen LogP contribution in [-0.4, -0.2) is 78.5 Å². The van der Waals surface area contributed by atoms with E-state index in [1.54, 1.807) is 17.5 Å². The van der Waals surface area contributed by atoms with Gasteiger partial charge in [-0.25, -0.2) is 0 Å². The largest absolute Gasteiger partial charge is 0.304 e. The van der Waals surface area contributed by atoms with E-state index in [9.17, 15) is 8.42 Å². The van der Waals surface area contributed by atoms with Crippen LogP contribution in [0.4, 0.5) is 0 Å². The molecule has 0 radical (unpaired) electrons. The first-order valence-corrected chi connectivity index (χ1v) is 8.27. The number of hydrogen-bond acceptors (Lipinski definition) is 4. The summed E-state index contributed by atoms with van der Waals surface area (Å²) in [6, 6.07) is 1.87. The molecule has 0 aromatic carbocycles. The SMILES string of the molecule is CN1CCN(S(=O)(=O)N(C)CCCn2cccn2)CC1. The summed E-state index contributed by atoms with van der Waals surface area (Å²) in [5, 5.41) is 4.11. The Labute approximate surface area is 120 Å². The Bertz CT molecular complexity index is 494. The van der Waals surface area contributed by atoms with Crippen molar-refractivity contribution in [3.8, 4) is 0 Å². The van der Waals surface area contributed by atoms with Gasteiger partial charge in [-0.3, -0.25) is 4.68 Å². The van der Waals surface area contributed by atoms with Gasteiger partial charge in [0.15, 0.2) is 0 Å². The van der Waals surface area contributed by atoms with Crippen molar-refractivity contribution in [1.29, 1.82) is 0 Å². The molecule has 1 fully saturated rings. The lowest BCUT2D eigenvalue weighted by molar-refractivity contribution is 0.213. The maximum atomic E-state index is 12.4. The first kappa shape index (κ1) is 15.4. The van der Waals surface area contributed by atoms with Crippen LogP contribution in [0.2, 0.25) is 0 Å². The van der Waals surface area contributed by atoms with Crippen molar-refractivity contribution < 1.29 is 8.42 Å². The Morgan fingerprint density at radius 3 is 2.55 bits per heavy atom. The van der Waals surface area contributed by atoms with Crippen molar-refractivity contribution in [3.63, 3.8) is 0 Å². The Kier molecular flexibility index (Phi) is 5.14. The highest BCUT2D eigenvalue weighted by Crippen LogP contribution is 2.10. The van der Waals surface area contributed by atoms with Gasteiger partial charge in [-0.1, -0.05) is 0 Å². The average molecular weight is 301 g/mol. The molecule has 1 aliphatic heterocycles. The maximum absolute atomic E-state index is 12.4. The smallest absolute Gasteiger partial charge is 0.281 e. The van der Waals surface area contributed by atoms with Crippen molar-refractivity contribution in [2.75, 3.05) is 46.8 Å². The fourth-order valence-corrected chi connectivity index (χ4v) is 3.60. The van der Waals surface area contributed by atoms with Crippen LogP contribution >= 0.6 is 0 Å². The van der Waals surface area contributed by atoms with Crippen LogP contribution in [0.3, 0.4) is 0 Å². The zero-order valence-electron chi connectivity index (χ0n) is 12.1. The van der Waals surface area contributed by atoms with E-state index in [1.807, 2.05) is 24.0 Å². The minimum atomic E-state index is -3.32. The normalized spacial score (nSPS) is 18.8. The van der Waals surface area contributed by atoms with Crippen molar-refractivity contribution in [1.82, 2.24) is 23.3 Å². The van der Waals surface area contributed by atoms with Gasteiger partial charge in [0.2, 0.25) is 0 Å². The number of nitrogens with zero attached hydrogens (tertiary/aromatic N) is 5. The molecule has 1 saturated heterocycles. The van der Waals surface area contributed by atoms with Gasteiger partial charge in [0.05, 0.1) is 0 Å². The summed E-state index contributed by atoms with van der Waals surface area (Å²) >= 11 is 0. The van der Waals surface area contributed by atoms with Gasteiger partial charge < -0.3 is 4.90 Å². The second-order valence-electron chi connectivity index (χ2n) is 5.15. The Morgan fingerprint density at radius 2 is 1.95 bits per heavy atom. The monoisotopic (exact) mass is 301 g/mol. The van der Waals surface area contributed by atoms with E-state index in [0.29, 0.717) is 19.6 Å². The molecule has 2 rings (SSSR count). The average Bonchev–Trinajstić information content (AvgIpc) is 2.92. The highest BCUT2D eigenvalue weighted by molar-refractivity contribution is 7.86. The molecule has 7 nitrogen and oxygen atoms in total. The lowest BCUT2D eigenvalue weighted by Crippen LogP contribution is -2.51. The molecule has 0 N–H and O–H groups in total. The van der Waals surface area contributed by atoms with Crippen LogP contribution in [-0.2, 0) is 16.8 Å². The molecule has 20 heavy (non-hydrogen) atoms. The lowest BCUT2D eigenvalue weighted by atomic mass is 10.4. The molecular weight excluding hydrogens is 278 g/mol. The number of aromatic nitrogens is 2. The molecule has 1 aliphatic rings. The molecule has 0 aliphatic carbocycles. The van der Waals surface area contributed by atoms with Crippen LogP contribution in [0.15, 0.2) is 18.5 Å². The van der Waals surface area contributed by atoms with E-state index in [0.717, 1.165) is 26.1 Å². The molecule has 0 unspecified atom stereocenters. The highest BCUT2D eigenvalue weighted by atomic mass is 32.2. The van der Waals surface area contributed by atoms with Gasteiger partial charge in [0.25, 0.3) is 10.2 Å². The standard InChI is InChI=1S/C12H23N5O2S/c1-14-9-11-17(12-10-14)20(18,19)15(2)6-4-8-16-7-3-5-13-16/h3,5,7H,4,6,8-12H2,1-2H3. The molecule has 0 amide bonds. The van der Waals surface area contributed by atoms with Gasteiger partial charge in [0.1, 0.15) is 0 Å². The number of aryl methyl sites for hydroxylation is 1. The zero-order chi connectivity index (χ0) is 14.6. The molecule has 2 heterocycles. The molecule has 1 aromatic rings. The zero-order valence-corrected chi connectivity index (χ0v) is 13.0. The lowest BCUT2D eigenvalue weighted by Gasteiger charge is -2.34. The first-order valence-electron chi connectivity index (χ1n) is 6.87. The summed E-state index contributed by atoms with van der Waals surface area (Å²) in [4.78, 5) is 2.14. The van der Waals surface area contributed by atoms with Gasteiger partial charge in [-0.15, -0.1) is 0 Å². The van der Waals surface area contributed by atoms with Crippen molar-refractivity contribution >= 4 is 10.2 Å². The molecule has 8 heteroatoms. The minimum Gasteiger partial charge on any atom is -0.304 e. The first-order chi connectivity index (χ1) is 9.50. The third-order valence-electron chi connectivity index (χ3n) is 3.60. The van der Waals surface area contributed by atoms with Crippen LogP contribution in [0.1, 0.15) is 6.42 Å². The summed E-state index contributed by atoms with van der Waals surface area (Å²) in [5.74, 6) is 0. The highest BCUT2D eigenvalue weighted by Gasteiger charge is 2.28. The second kappa shape index (κ2) is 6.66. The predicted molar refractivity (Wildman–Crippen MR) is 77.5 cm³/mol. The fraction of sp³-hybridized carbons (Fsp3) is 0.750. The van der Waals surface area contributed by atoms with Crippen molar-refractivity contribution in [2.24, 2.45) is 0 Å². The van der Waals surface area contributed by atoms with Crippen molar-refractivity contribution in [3.05, 3.63) is 18.5 Å². The van der Waals surface area contributed by atoms with Gasteiger partial charge in [-0.05, 0) is 19.5 Å². The van der Waals surface area contributed by atoms with E-state index < -0.39 is 10.2 Å². The molecular formula is C12H23N5O2S. The fourth-order valence-electron chi connectivity index (χ4n) is 2.22. The van der Waals surface area contributed by atoms with Crippen LogP contribution in [0.5, 0.6) is 0 Å². The Hall–Kier alpha value is -0.960. The van der Waals surface area contributed by atoms with Gasteiger partial charge in [-0.2, -0.15) is 22.1 Å². The van der Waals surface area contributed by atoms with E-state index >= 15 is 0 Å². The van der Waals surface area contributed by atoms with Crippen molar-refractivity contribution in [2.45, 2.75) is 13.0 Å². The molecule has 0 saturated carbocycles. The predicted octanol–water partition coefficient (Wildman–Crippen LogP) is -0.303. The second-order valence-corrected chi connectivity index (χ2v) is 7.19. The summed E-state index contributed by atoms with van der Waals surface area (Å²) in [5.41, 5.74) is 0. The Morgan fingerprint density at radius 1 is 1.25 bits per heavy atom. The quantitative estimate of drug-likeness (QED) is 0.723. The van der Waals surface area contributed by atoms with Crippen LogP contribution < -0.4 is 0 Å².